The zero-order valence-electron chi connectivity index (χ0n) is 9.12. The Morgan fingerprint density at radius 2 is 2.19 bits per heavy atom. The van der Waals surface area contributed by atoms with Gasteiger partial charge in [-0.15, -0.1) is 0 Å². The molecule has 1 heterocycles. The third-order valence-corrected chi connectivity index (χ3v) is 3.47. The number of nitrogens with two attached hydrogens (primary N) is 1. The van der Waals surface area contributed by atoms with Crippen molar-refractivity contribution >= 4 is 22.5 Å². The van der Waals surface area contributed by atoms with Gasteiger partial charge in [0.15, 0.2) is 0 Å². The van der Waals surface area contributed by atoms with Crippen LogP contribution in [0.2, 0.25) is 5.02 Å². The summed E-state index contributed by atoms with van der Waals surface area (Å²) in [6, 6.07) is 6.82. The number of fused-ring (bicyclic) bond motifs is 1. The minimum Gasteiger partial charge on any atom is -0.344 e. The van der Waals surface area contributed by atoms with Crippen LogP contribution in [0.15, 0.2) is 24.4 Å². The van der Waals surface area contributed by atoms with E-state index in [1.165, 1.54) is 29.3 Å². The fraction of sp³-hybridized carbons (Fsp3) is 0.385. The maximum atomic E-state index is 6.06. The minimum absolute atomic E-state index is 0.687. The first kappa shape index (κ1) is 10.2. The molecule has 1 saturated carbocycles. The lowest BCUT2D eigenvalue weighted by Crippen LogP contribution is -2.02. The molecule has 0 spiro atoms. The van der Waals surface area contributed by atoms with Gasteiger partial charge in [0.25, 0.3) is 0 Å². The zero-order valence-corrected chi connectivity index (χ0v) is 9.87. The van der Waals surface area contributed by atoms with Crippen molar-refractivity contribution in [3.8, 4) is 0 Å². The average Bonchev–Trinajstić information content (AvgIpc) is 3.04. The lowest BCUT2D eigenvalue weighted by molar-refractivity contribution is 0.770. The molecule has 1 aromatic heterocycles. The van der Waals surface area contributed by atoms with Gasteiger partial charge in [-0.25, -0.2) is 0 Å². The van der Waals surface area contributed by atoms with E-state index in [0.29, 0.717) is 12.6 Å². The topological polar surface area (TPSA) is 30.9 Å². The van der Waals surface area contributed by atoms with Crippen molar-refractivity contribution in [3.05, 3.63) is 35.0 Å². The molecule has 0 unspecified atom stereocenters. The van der Waals surface area contributed by atoms with Crippen molar-refractivity contribution < 1.29 is 0 Å². The Bertz CT molecular complexity index is 526. The van der Waals surface area contributed by atoms with E-state index in [1.54, 1.807) is 0 Å². The Morgan fingerprint density at radius 3 is 2.88 bits per heavy atom. The molecule has 1 aliphatic rings. The van der Waals surface area contributed by atoms with Crippen LogP contribution in [0.1, 0.15) is 24.4 Å². The molecule has 16 heavy (non-hydrogen) atoms. The molecule has 2 aromatic rings. The Morgan fingerprint density at radius 1 is 1.38 bits per heavy atom. The normalized spacial score (nSPS) is 15.9. The SMILES string of the molecule is NCCc1cn(C2CC2)c2cc(Cl)ccc12. The molecule has 0 radical (unpaired) electrons. The summed E-state index contributed by atoms with van der Waals surface area (Å²) < 4.78 is 2.37. The van der Waals surface area contributed by atoms with Gasteiger partial charge in [-0.2, -0.15) is 0 Å². The van der Waals surface area contributed by atoms with Gasteiger partial charge in [-0.1, -0.05) is 17.7 Å². The van der Waals surface area contributed by atoms with Crippen molar-refractivity contribution in [3.63, 3.8) is 0 Å². The summed E-state index contributed by atoms with van der Waals surface area (Å²) in [4.78, 5) is 0. The van der Waals surface area contributed by atoms with Crippen LogP contribution in [0.3, 0.4) is 0 Å². The van der Waals surface area contributed by atoms with E-state index >= 15 is 0 Å². The molecule has 0 saturated heterocycles. The molecule has 3 heteroatoms. The third kappa shape index (κ3) is 1.62. The van der Waals surface area contributed by atoms with Crippen LogP contribution in [0.4, 0.5) is 0 Å². The first-order chi connectivity index (χ1) is 7.79. The maximum absolute atomic E-state index is 6.06. The second kappa shape index (κ2) is 3.79. The van der Waals surface area contributed by atoms with Gasteiger partial charge in [-0.3, -0.25) is 0 Å². The molecule has 0 amide bonds. The highest BCUT2D eigenvalue weighted by atomic mass is 35.5. The number of hydrogen-bond acceptors (Lipinski definition) is 1. The van der Waals surface area contributed by atoms with Crippen molar-refractivity contribution in [2.45, 2.75) is 25.3 Å². The molecule has 1 fully saturated rings. The van der Waals surface area contributed by atoms with Gasteiger partial charge in [0.1, 0.15) is 0 Å². The smallest absolute Gasteiger partial charge is 0.0500 e. The summed E-state index contributed by atoms with van der Waals surface area (Å²) >= 11 is 6.06. The largest absolute Gasteiger partial charge is 0.344 e. The van der Waals surface area contributed by atoms with Crippen molar-refractivity contribution in [2.24, 2.45) is 5.73 Å². The molecule has 3 rings (SSSR count). The molecule has 0 bridgehead atoms. The molecular weight excluding hydrogens is 220 g/mol. The Kier molecular flexibility index (Phi) is 2.41. The van der Waals surface area contributed by atoms with Crippen LogP contribution < -0.4 is 5.73 Å². The summed E-state index contributed by atoms with van der Waals surface area (Å²) in [6.07, 6.45) is 5.78. The second-order valence-electron chi connectivity index (χ2n) is 4.49. The van der Waals surface area contributed by atoms with Crippen LogP contribution in [-0.4, -0.2) is 11.1 Å². The van der Waals surface area contributed by atoms with Gasteiger partial charge in [-0.05, 0) is 43.5 Å². The van der Waals surface area contributed by atoms with E-state index in [4.69, 9.17) is 17.3 Å². The molecular formula is C13H15ClN2. The summed E-state index contributed by atoms with van der Waals surface area (Å²) in [7, 11) is 0. The molecule has 0 atom stereocenters. The number of benzene rings is 1. The Labute approximate surface area is 100.0 Å². The van der Waals surface area contributed by atoms with Gasteiger partial charge in [0, 0.05) is 22.6 Å². The second-order valence-corrected chi connectivity index (χ2v) is 4.93. The molecule has 84 valence electrons. The van der Waals surface area contributed by atoms with E-state index in [1.807, 2.05) is 6.07 Å². The minimum atomic E-state index is 0.687. The standard InChI is InChI=1S/C13H15ClN2/c14-10-1-4-12-9(5-6-15)8-16(11-2-3-11)13(12)7-10/h1,4,7-8,11H,2-3,5-6,15H2. The molecule has 1 aliphatic carbocycles. The highest BCUT2D eigenvalue weighted by molar-refractivity contribution is 6.31. The lowest BCUT2D eigenvalue weighted by atomic mass is 10.1. The summed E-state index contributed by atoms with van der Waals surface area (Å²) in [5.41, 5.74) is 8.26. The van der Waals surface area contributed by atoms with E-state index < -0.39 is 0 Å². The maximum Gasteiger partial charge on any atom is 0.0500 e. The monoisotopic (exact) mass is 234 g/mol. The van der Waals surface area contributed by atoms with Crippen molar-refractivity contribution in [1.82, 2.24) is 4.57 Å². The lowest BCUT2D eigenvalue weighted by Gasteiger charge is -2.01. The number of rotatable bonds is 3. The van der Waals surface area contributed by atoms with Crippen LogP contribution in [-0.2, 0) is 6.42 Å². The van der Waals surface area contributed by atoms with E-state index in [0.717, 1.165) is 11.4 Å². The number of hydrogen-bond donors (Lipinski definition) is 1. The average molecular weight is 235 g/mol. The third-order valence-electron chi connectivity index (χ3n) is 3.23. The van der Waals surface area contributed by atoms with Crippen LogP contribution in [0.25, 0.3) is 10.9 Å². The van der Waals surface area contributed by atoms with Crippen LogP contribution >= 0.6 is 11.6 Å². The highest BCUT2D eigenvalue weighted by Gasteiger charge is 2.25. The molecule has 2 nitrogen and oxygen atoms in total. The summed E-state index contributed by atoms with van der Waals surface area (Å²) in [6.45, 7) is 0.701. The number of aromatic nitrogens is 1. The number of nitrogens with zero attached hydrogens (tertiary/aromatic N) is 1. The van der Waals surface area contributed by atoms with E-state index in [2.05, 4.69) is 22.9 Å². The highest BCUT2D eigenvalue weighted by Crippen LogP contribution is 2.39. The molecule has 0 aliphatic heterocycles. The zero-order chi connectivity index (χ0) is 11.1. The Balaban J connectivity index is 2.20. The molecule has 2 N–H and O–H groups in total. The Hall–Kier alpha value is -0.990. The van der Waals surface area contributed by atoms with Crippen LogP contribution in [0.5, 0.6) is 0 Å². The predicted octanol–water partition coefficient (Wildman–Crippen LogP) is 3.13. The summed E-state index contributed by atoms with van der Waals surface area (Å²) in [5, 5.41) is 2.12. The molecule has 1 aromatic carbocycles. The van der Waals surface area contributed by atoms with Gasteiger partial charge in [0.2, 0.25) is 0 Å². The first-order valence-electron chi connectivity index (χ1n) is 5.78. The van der Waals surface area contributed by atoms with Crippen molar-refractivity contribution in [2.75, 3.05) is 6.54 Å². The quantitative estimate of drug-likeness (QED) is 0.869. The first-order valence-corrected chi connectivity index (χ1v) is 6.16. The van der Waals surface area contributed by atoms with E-state index in [-0.39, 0.29) is 0 Å². The van der Waals surface area contributed by atoms with E-state index in [9.17, 15) is 0 Å². The van der Waals surface area contributed by atoms with Gasteiger partial charge >= 0.3 is 0 Å². The fourth-order valence-corrected chi connectivity index (χ4v) is 2.47. The van der Waals surface area contributed by atoms with Gasteiger partial charge < -0.3 is 10.3 Å². The summed E-state index contributed by atoms with van der Waals surface area (Å²) in [5.74, 6) is 0. The fourth-order valence-electron chi connectivity index (χ4n) is 2.31. The van der Waals surface area contributed by atoms with Crippen LogP contribution in [0, 0.1) is 0 Å². The van der Waals surface area contributed by atoms with Crippen molar-refractivity contribution in [1.29, 1.82) is 0 Å². The van der Waals surface area contributed by atoms with Gasteiger partial charge in [0.05, 0.1) is 5.52 Å². The predicted molar refractivity (Wildman–Crippen MR) is 68.0 cm³/mol. The number of halogens is 1.